The molecule has 90 valence electrons. The normalized spacial score (nSPS) is 23.3. The van der Waals surface area contributed by atoms with Crippen molar-refractivity contribution in [1.82, 2.24) is 9.88 Å². The molecule has 1 fully saturated rings. The summed E-state index contributed by atoms with van der Waals surface area (Å²) in [6, 6.07) is 7.91. The summed E-state index contributed by atoms with van der Waals surface area (Å²) >= 11 is 0. The number of aliphatic hydroxyl groups excluding tert-OH is 1. The standard InChI is InChI=1S/C13H16N2O2/c1-9(15-7-6-10(16)8-15)13-14-11-4-2-3-5-12(11)17-13/h2-5,9-10,16H,6-8H2,1H3/t9?,10-/m1/s1. The summed E-state index contributed by atoms with van der Waals surface area (Å²) in [5.74, 6) is 0.736. The van der Waals surface area contributed by atoms with Gasteiger partial charge in [0.25, 0.3) is 0 Å². The van der Waals surface area contributed by atoms with E-state index in [2.05, 4.69) is 16.8 Å². The highest BCUT2D eigenvalue weighted by Gasteiger charge is 2.27. The average molecular weight is 232 g/mol. The maximum absolute atomic E-state index is 9.54. The highest BCUT2D eigenvalue weighted by molar-refractivity contribution is 5.72. The van der Waals surface area contributed by atoms with E-state index in [9.17, 15) is 5.11 Å². The van der Waals surface area contributed by atoms with E-state index in [1.165, 1.54) is 0 Å². The SMILES string of the molecule is CC(c1nc2ccccc2o1)N1CC[C@@H](O)C1. The number of hydrogen-bond acceptors (Lipinski definition) is 4. The molecule has 4 heteroatoms. The van der Waals surface area contributed by atoms with Crippen LogP contribution in [0, 0.1) is 0 Å². The van der Waals surface area contributed by atoms with Crippen LogP contribution in [0.15, 0.2) is 28.7 Å². The Morgan fingerprint density at radius 3 is 3.00 bits per heavy atom. The minimum Gasteiger partial charge on any atom is -0.439 e. The third-order valence-electron chi connectivity index (χ3n) is 3.41. The fraction of sp³-hybridized carbons (Fsp3) is 0.462. The number of aromatic nitrogens is 1. The molecule has 0 spiro atoms. The monoisotopic (exact) mass is 232 g/mol. The second kappa shape index (κ2) is 4.13. The quantitative estimate of drug-likeness (QED) is 0.859. The molecule has 1 aromatic carbocycles. The van der Waals surface area contributed by atoms with E-state index >= 15 is 0 Å². The summed E-state index contributed by atoms with van der Waals surface area (Å²) in [5, 5.41) is 9.54. The zero-order valence-corrected chi connectivity index (χ0v) is 9.84. The van der Waals surface area contributed by atoms with E-state index in [-0.39, 0.29) is 12.1 Å². The van der Waals surface area contributed by atoms with Crippen molar-refractivity contribution in [2.24, 2.45) is 0 Å². The van der Waals surface area contributed by atoms with Crippen LogP contribution in [0.2, 0.25) is 0 Å². The minimum absolute atomic E-state index is 0.125. The number of β-amino-alcohol motifs (C(OH)–C–C–N with tert-alkyl or cyclic N) is 1. The maximum atomic E-state index is 9.54. The van der Waals surface area contributed by atoms with E-state index in [4.69, 9.17) is 4.42 Å². The molecule has 2 heterocycles. The Hall–Kier alpha value is -1.39. The highest BCUT2D eigenvalue weighted by atomic mass is 16.3. The zero-order chi connectivity index (χ0) is 11.8. The average Bonchev–Trinajstić information content (AvgIpc) is 2.93. The molecule has 0 aliphatic carbocycles. The van der Waals surface area contributed by atoms with Crippen LogP contribution in [0.4, 0.5) is 0 Å². The van der Waals surface area contributed by atoms with Gasteiger partial charge in [0.05, 0.1) is 12.1 Å². The largest absolute Gasteiger partial charge is 0.439 e. The molecular formula is C13H16N2O2. The molecule has 0 saturated carbocycles. The molecule has 1 saturated heterocycles. The molecule has 0 amide bonds. The fourth-order valence-corrected chi connectivity index (χ4v) is 2.34. The Morgan fingerprint density at radius 2 is 2.29 bits per heavy atom. The molecule has 2 aromatic rings. The number of benzene rings is 1. The summed E-state index contributed by atoms with van der Waals surface area (Å²) in [6.45, 7) is 3.68. The molecule has 2 atom stereocenters. The van der Waals surface area contributed by atoms with Gasteiger partial charge >= 0.3 is 0 Å². The van der Waals surface area contributed by atoms with Gasteiger partial charge in [-0.2, -0.15) is 0 Å². The molecular weight excluding hydrogens is 216 g/mol. The summed E-state index contributed by atoms with van der Waals surface area (Å²) in [7, 11) is 0. The number of likely N-dealkylation sites (tertiary alicyclic amines) is 1. The Balaban J connectivity index is 1.87. The number of rotatable bonds is 2. The van der Waals surface area contributed by atoms with Gasteiger partial charge in [0.1, 0.15) is 5.52 Å². The van der Waals surface area contributed by atoms with Crippen LogP contribution in [-0.4, -0.2) is 34.2 Å². The number of fused-ring (bicyclic) bond motifs is 1. The van der Waals surface area contributed by atoms with Gasteiger partial charge in [0.15, 0.2) is 5.58 Å². The van der Waals surface area contributed by atoms with Crippen LogP contribution in [-0.2, 0) is 0 Å². The van der Waals surface area contributed by atoms with E-state index < -0.39 is 0 Å². The lowest BCUT2D eigenvalue weighted by molar-refractivity contribution is 0.155. The molecule has 1 aromatic heterocycles. The predicted molar refractivity (Wildman–Crippen MR) is 64.6 cm³/mol. The van der Waals surface area contributed by atoms with Gasteiger partial charge in [0, 0.05) is 13.1 Å². The molecule has 17 heavy (non-hydrogen) atoms. The maximum Gasteiger partial charge on any atom is 0.212 e. The third-order valence-corrected chi connectivity index (χ3v) is 3.41. The topological polar surface area (TPSA) is 49.5 Å². The summed E-state index contributed by atoms with van der Waals surface area (Å²) in [5.41, 5.74) is 1.73. The lowest BCUT2D eigenvalue weighted by Gasteiger charge is -2.20. The Bertz CT molecular complexity index is 490. The van der Waals surface area contributed by atoms with Gasteiger partial charge in [-0.3, -0.25) is 4.90 Å². The first-order chi connectivity index (χ1) is 8.24. The second-order valence-corrected chi connectivity index (χ2v) is 4.63. The lowest BCUT2D eigenvalue weighted by Crippen LogP contribution is -2.25. The lowest BCUT2D eigenvalue weighted by atomic mass is 10.3. The van der Waals surface area contributed by atoms with Gasteiger partial charge in [-0.05, 0) is 25.5 Å². The first kappa shape index (κ1) is 10.7. The van der Waals surface area contributed by atoms with Crippen LogP contribution in [0.5, 0.6) is 0 Å². The first-order valence-corrected chi connectivity index (χ1v) is 6.01. The number of nitrogens with zero attached hydrogens (tertiary/aromatic N) is 2. The molecule has 4 nitrogen and oxygen atoms in total. The predicted octanol–water partition coefficient (Wildman–Crippen LogP) is 1.96. The number of hydrogen-bond donors (Lipinski definition) is 1. The first-order valence-electron chi connectivity index (χ1n) is 6.01. The van der Waals surface area contributed by atoms with Crippen LogP contribution in [0.25, 0.3) is 11.1 Å². The van der Waals surface area contributed by atoms with Crippen molar-refractivity contribution in [2.75, 3.05) is 13.1 Å². The molecule has 0 bridgehead atoms. The molecule has 1 aliphatic rings. The second-order valence-electron chi connectivity index (χ2n) is 4.63. The molecule has 1 unspecified atom stereocenters. The van der Waals surface area contributed by atoms with Gasteiger partial charge in [-0.15, -0.1) is 0 Å². The van der Waals surface area contributed by atoms with E-state index in [1.54, 1.807) is 0 Å². The summed E-state index contributed by atoms with van der Waals surface area (Å²) in [6.07, 6.45) is 0.631. The highest BCUT2D eigenvalue weighted by Crippen LogP contribution is 2.26. The summed E-state index contributed by atoms with van der Waals surface area (Å²) < 4.78 is 5.74. The van der Waals surface area contributed by atoms with Crippen molar-refractivity contribution in [2.45, 2.75) is 25.5 Å². The molecule has 0 radical (unpaired) electrons. The van der Waals surface area contributed by atoms with Crippen molar-refractivity contribution >= 4 is 11.1 Å². The van der Waals surface area contributed by atoms with Crippen molar-refractivity contribution < 1.29 is 9.52 Å². The van der Waals surface area contributed by atoms with Gasteiger partial charge < -0.3 is 9.52 Å². The Kier molecular flexibility index (Phi) is 2.61. The van der Waals surface area contributed by atoms with E-state index in [1.807, 2.05) is 24.3 Å². The number of para-hydroxylation sites is 2. The van der Waals surface area contributed by atoms with Crippen LogP contribution >= 0.6 is 0 Å². The van der Waals surface area contributed by atoms with Crippen LogP contribution < -0.4 is 0 Å². The summed E-state index contributed by atoms with van der Waals surface area (Å²) in [4.78, 5) is 6.70. The number of aliphatic hydroxyl groups is 1. The van der Waals surface area contributed by atoms with Crippen molar-refractivity contribution in [1.29, 1.82) is 0 Å². The molecule has 3 rings (SSSR count). The van der Waals surface area contributed by atoms with Crippen molar-refractivity contribution in [3.05, 3.63) is 30.2 Å². The van der Waals surface area contributed by atoms with E-state index in [0.29, 0.717) is 6.54 Å². The Morgan fingerprint density at radius 1 is 1.47 bits per heavy atom. The third kappa shape index (κ3) is 1.94. The minimum atomic E-state index is -0.207. The van der Waals surface area contributed by atoms with Gasteiger partial charge in [-0.1, -0.05) is 12.1 Å². The zero-order valence-electron chi connectivity index (χ0n) is 9.84. The molecule has 1 aliphatic heterocycles. The van der Waals surface area contributed by atoms with Crippen molar-refractivity contribution in [3.63, 3.8) is 0 Å². The Labute approximate surface area is 99.9 Å². The van der Waals surface area contributed by atoms with E-state index in [0.717, 1.165) is 30.0 Å². The van der Waals surface area contributed by atoms with Gasteiger partial charge in [-0.25, -0.2) is 4.98 Å². The van der Waals surface area contributed by atoms with Crippen molar-refractivity contribution in [3.8, 4) is 0 Å². The van der Waals surface area contributed by atoms with Gasteiger partial charge in [0.2, 0.25) is 5.89 Å². The smallest absolute Gasteiger partial charge is 0.212 e. The number of oxazole rings is 1. The van der Waals surface area contributed by atoms with Crippen LogP contribution in [0.1, 0.15) is 25.3 Å². The van der Waals surface area contributed by atoms with Crippen LogP contribution in [0.3, 0.4) is 0 Å². The fourth-order valence-electron chi connectivity index (χ4n) is 2.34. The molecule has 1 N–H and O–H groups in total.